The fourth-order valence-corrected chi connectivity index (χ4v) is 4.87. The highest BCUT2D eigenvalue weighted by molar-refractivity contribution is 7.17. The Labute approximate surface area is 196 Å². The summed E-state index contributed by atoms with van der Waals surface area (Å²) in [7, 11) is 0. The van der Waals surface area contributed by atoms with Gasteiger partial charge in [-0.15, -0.1) is 0 Å². The summed E-state index contributed by atoms with van der Waals surface area (Å²) in [4.78, 5) is 39.2. The lowest BCUT2D eigenvalue weighted by Gasteiger charge is -2.39. The lowest BCUT2D eigenvalue weighted by Crippen LogP contribution is -2.56. The summed E-state index contributed by atoms with van der Waals surface area (Å²) in [6, 6.07) is -0.194. The fraction of sp³-hybridized carbons (Fsp3) is 0.619. The van der Waals surface area contributed by atoms with Crippen molar-refractivity contribution in [3.63, 3.8) is 0 Å². The molecule has 3 heterocycles. The van der Waals surface area contributed by atoms with Gasteiger partial charge in [0.15, 0.2) is 16.1 Å². The molecule has 32 heavy (non-hydrogen) atoms. The van der Waals surface area contributed by atoms with E-state index in [4.69, 9.17) is 21.1 Å². The maximum atomic E-state index is 12.8. The summed E-state index contributed by atoms with van der Waals surface area (Å²) in [5, 5.41) is 4.11. The smallest absolute Gasteiger partial charge is 0.350 e. The first-order chi connectivity index (χ1) is 15.2. The molecule has 9 nitrogen and oxygen atoms in total. The first kappa shape index (κ1) is 24.5. The predicted octanol–water partition coefficient (Wildman–Crippen LogP) is 3.37. The second kappa shape index (κ2) is 10.6. The summed E-state index contributed by atoms with van der Waals surface area (Å²) in [5.41, 5.74) is 1.39. The van der Waals surface area contributed by atoms with Crippen molar-refractivity contribution in [1.29, 1.82) is 0 Å². The molecule has 2 N–H and O–H groups in total. The molecule has 0 aromatic carbocycles. The van der Waals surface area contributed by atoms with Crippen LogP contribution in [0.1, 0.15) is 65.8 Å². The molecule has 0 aliphatic carbocycles. The highest BCUT2D eigenvalue weighted by atomic mass is 35.5. The van der Waals surface area contributed by atoms with Gasteiger partial charge in [-0.2, -0.15) is 0 Å². The van der Waals surface area contributed by atoms with Crippen LogP contribution < -0.4 is 10.2 Å². The molecule has 2 aromatic rings. The van der Waals surface area contributed by atoms with Crippen molar-refractivity contribution < 1.29 is 19.1 Å². The number of nitrogens with one attached hydrogen (secondary N) is 2. The van der Waals surface area contributed by atoms with Gasteiger partial charge in [-0.3, -0.25) is 4.79 Å². The van der Waals surface area contributed by atoms with E-state index >= 15 is 0 Å². The quantitative estimate of drug-likeness (QED) is 0.554. The van der Waals surface area contributed by atoms with Gasteiger partial charge in [-0.1, -0.05) is 29.9 Å². The topological polar surface area (TPSA) is 109 Å². The van der Waals surface area contributed by atoms with Crippen LogP contribution in [0.2, 0.25) is 5.15 Å². The van der Waals surface area contributed by atoms with Crippen molar-refractivity contribution in [2.75, 3.05) is 24.6 Å². The first-order valence-corrected chi connectivity index (χ1v) is 12.0. The number of aromatic nitrogens is 3. The van der Waals surface area contributed by atoms with Crippen molar-refractivity contribution in [3.8, 4) is 0 Å². The minimum atomic E-state index is -0.352. The normalized spacial score (nSPS) is 18.8. The van der Waals surface area contributed by atoms with Crippen molar-refractivity contribution in [2.24, 2.45) is 0 Å². The van der Waals surface area contributed by atoms with Crippen LogP contribution in [-0.4, -0.2) is 64.8 Å². The standard InChI is InChI=1S/C21H30ClN5O4S/c1-6-13-17(22)26-18(24-13)19(28)25-14-8-9-27(10-15(14)31-11(3)4)21-23-12(5)16(32-21)20(29)30-7-2/h11,14-15H,6-10H2,1-5H3,(H,24,26)(H,25,28). The van der Waals surface area contributed by atoms with Crippen LogP contribution in [0.4, 0.5) is 5.13 Å². The summed E-state index contributed by atoms with van der Waals surface area (Å²) >= 11 is 7.40. The number of halogens is 1. The number of piperidine rings is 1. The van der Waals surface area contributed by atoms with Gasteiger partial charge in [0.2, 0.25) is 0 Å². The number of imidazole rings is 1. The third-order valence-electron chi connectivity index (χ3n) is 5.14. The van der Waals surface area contributed by atoms with E-state index in [1.54, 1.807) is 13.8 Å². The van der Waals surface area contributed by atoms with E-state index in [1.807, 2.05) is 20.8 Å². The van der Waals surface area contributed by atoms with Crippen LogP contribution in [0.25, 0.3) is 0 Å². The number of esters is 1. The molecular formula is C21H30ClN5O4S. The monoisotopic (exact) mass is 483 g/mol. The van der Waals surface area contributed by atoms with Gasteiger partial charge in [0.25, 0.3) is 5.91 Å². The lowest BCUT2D eigenvalue weighted by molar-refractivity contribution is -0.0167. The predicted molar refractivity (Wildman–Crippen MR) is 124 cm³/mol. The molecule has 0 radical (unpaired) electrons. The molecule has 2 atom stereocenters. The van der Waals surface area contributed by atoms with E-state index < -0.39 is 0 Å². The number of aryl methyl sites for hydroxylation is 2. The zero-order valence-electron chi connectivity index (χ0n) is 19.0. The molecule has 3 rings (SSSR count). The van der Waals surface area contributed by atoms with Crippen molar-refractivity contribution >= 4 is 39.9 Å². The van der Waals surface area contributed by atoms with E-state index in [2.05, 4.69) is 25.2 Å². The summed E-state index contributed by atoms with van der Waals surface area (Å²) in [6.45, 7) is 11.0. The molecule has 0 spiro atoms. The Kier molecular flexibility index (Phi) is 8.13. The van der Waals surface area contributed by atoms with E-state index in [0.29, 0.717) is 48.3 Å². The number of carbonyl (C=O) groups excluding carboxylic acids is 2. The summed E-state index contributed by atoms with van der Waals surface area (Å²) < 4.78 is 11.3. The largest absolute Gasteiger partial charge is 0.462 e. The maximum Gasteiger partial charge on any atom is 0.350 e. The van der Waals surface area contributed by atoms with E-state index in [-0.39, 0.29) is 36.0 Å². The third kappa shape index (κ3) is 5.60. The van der Waals surface area contributed by atoms with Crippen LogP contribution in [0, 0.1) is 6.92 Å². The highest BCUT2D eigenvalue weighted by Crippen LogP contribution is 2.30. The Bertz CT molecular complexity index is 960. The van der Waals surface area contributed by atoms with E-state index in [9.17, 15) is 9.59 Å². The average Bonchev–Trinajstić information content (AvgIpc) is 3.31. The summed E-state index contributed by atoms with van der Waals surface area (Å²) in [6.07, 6.45) is 1.06. The van der Waals surface area contributed by atoms with Gasteiger partial charge in [-0.05, 0) is 40.5 Å². The third-order valence-corrected chi connectivity index (χ3v) is 6.65. The molecule has 1 aliphatic heterocycles. The van der Waals surface area contributed by atoms with Gasteiger partial charge in [0.1, 0.15) is 4.88 Å². The Balaban J connectivity index is 1.73. The molecule has 1 aliphatic rings. The zero-order chi connectivity index (χ0) is 23.4. The second-order valence-corrected chi connectivity index (χ2v) is 9.21. The second-order valence-electron chi connectivity index (χ2n) is 7.88. The number of H-pyrrole nitrogens is 1. The number of ether oxygens (including phenoxy) is 2. The van der Waals surface area contributed by atoms with Gasteiger partial charge in [0, 0.05) is 13.1 Å². The fourth-order valence-electron chi connectivity index (χ4n) is 3.61. The van der Waals surface area contributed by atoms with Gasteiger partial charge in [-0.25, -0.2) is 14.8 Å². The number of nitrogens with zero attached hydrogens (tertiary/aromatic N) is 3. The number of amides is 1. The van der Waals surface area contributed by atoms with Gasteiger partial charge >= 0.3 is 5.97 Å². The number of carbonyl (C=O) groups is 2. The molecule has 0 bridgehead atoms. The molecule has 1 amide bonds. The zero-order valence-corrected chi connectivity index (χ0v) is 20.6. The molecule has 2 aromatic heterocycles. The Morgan fingerprint density at radius 3 is 2.72 bits per heavy atom. The Hall–Kier alpha value is -2.17. The first-order valence-electron chi connectivity index (χ1n) is 10.8. The van der Waals surface area contributed by atoms with Gasteiger partial charge < -0.3 is 24.7 Å². The molecule has 1 fully saturated rings. The maximum absolute atomic E-state index is 12.8. The SMILES string of the molecule is CCOC(=O)c1sc(N2CCC(NC(=O)c3nc(Cl)c(CC)[nH]3)C(OC(C)C)C2)nc1C. The minimum absolute atomic E-state index is 0.0165. The number of hydrogen-bond donors (Lipinski definition) is 2. The van der Waals surface area contributed by atoms with Crippen LogP contribution in [0.5, 0.6) is 0 Å². The van der Waals surface area contributed by atoms with Gasteiger partial charge in [0.05, 0.1) is 36.2 Å². The number of hydrogen-bond acceptors (Lipinski definition) is 8. The number of thiazole rings is 1. The van der Waals surface area contributed by atoms with Crippen molar-refractivity contribution in [1.82, 2.24) is 20.3 Å². The van der Waals surface area contributed by atoms with Crippen LogP contribution in [-0.2, 0) is 15.9 Å². The molecule has 0 saturated carbocycles. The Morgan fingerprint density at radius 2 is 2.09 bits per heavy atom. The summed E-state index contributed by atoms with van der Waals surface area (Å²) in [5.74, 6) is -0.460. The van der Waals surface area contributed by atoms with E-state index in [0.717, 1.165) is 10.8 Å². The molecule has 176 valence electrons. The van der Waals surface area contributed by atoms with E-state index in [1.165, 1.54) is 11.3 Å². The average molecular weight is 484 g/mol. The van der Waals surface area contributed by atoms with Crippen molar-refractivity contribution in [2.45, 2.75) is 65.7 Å². The number of aromatic amines is 1. The minimum Gasteiger partial charge on any atom is -0.462 e. The lowest BCUT2D eigenvalue weighted by atomic mass is 10.0. The molecule has 1 saturated heterocycles. The Morgan fingerprint density at radius 1 is 1.34 bits per heavy atom. The van der Waals surface area contributed by atoms with Crippen LogP contribution >= 0.6 is 22.9 Å². The molecular weight excluding hydrogens is 454 g/mol. The molecule has 2 unspecified atom stereocenters. The number of rotatable bonds is 8. The van der Waals surface area contributed by atoms with Crippen LogP contribution in [0.3, 0.4) is 0 Å². The van der Waals surface area contributed by atoms with Crippen molar-refractivity contribution in [3.05, 3.63) is 27.2 Å². The highest BCUT2D eigenvalue weighted by Gasteiger charge is 2.34. The molecule has 11 heteroatoms. The number of anilines is 1. The van der Waals surface area contributed by atoms with Crippen LogP contribution in [0.15, 0.2) is 0 Å².